The van der Waals surface area contributed by atoms with Crippen LogP contribution in [0.5, 0.6) is 0 Å². The van der Waals surface area contributed by atoms with Crippen LogP contribution in [0.4, 0.5) is 13.2 Å². The molecular weight excluding hydrogens is 247 g/mol. The Bertz CT molecular complexity index is 376. The van der Waals surface area contributed by atoms with Crippen LogP contribution >= 0.6 is 0 Å². The molecule has 0 aromatic carbocycles. The molecule has 1 heterocycles. The lowest BCUT2D eigenvalue weighted by Crippen LogP contribution is -2.34. The van der Waals surface area contributed by atoms with Gasteiger partial charge in [-0.2, -0.15) is 18.2 Å². The summed E-state index contributed by atoms with van der Waals surface area (Å²) in [5.41, 5.74) is 0. The fourth-order valence-corrected chi connectivity index (χ4v) is 2.01. The van der Waals surface area contributed by atoms with Gasteiger partial charge in [0.25, 0.3) is 5.82 Å². The van der Waals surface area contributed by atoms with Crippen molar-refractivity contribution in [2.24, 2.45) is 5.92 Å². The second-order valence-corrected chi connectivity index (χ2v) is 4.57. The highest BCUT2D eigenvalue weighted by atomic mass is 19.4. The predicted octanol–water partition coefficient (Wildman–Crippen LogP) is 2.83. The zero-order valence-corrected chi connectivity index (χ0v) is 10.9. The largest absolute Gasteiger partial charge is 0.455 e. The predicted molar refractivity (Wildman–Crippen MR) is 60.0 cm³/mol. The summed E-state index contributed by atoms with van der Waals surface area (Å²) in [7, 11) is 0. The molecule has 4 nitrogen and oxygen atoms in total. The maximum absolute atomic E-state index is 12.4. The molecular formula is C11H18F3N3O. The maximum atomic E-state index is 12.4. The highest BCUT2D eigenvalue weighted by molar-refractivity contribution is 5.01. The van der Waals surface area contributed by atoms with Crippen molar-refractivity contribution < 1.29 is 17.7 Å². The average molecular weight is 265 g/mol. The van der Waals surface area contributed by atoms with Crippen molar-refractivity contribution in [1.82, 2.24) is 15.5 Å². The van der Waals surface area contributed by atoms with E-state index in [1.54, 1.807) is 0 Å². The summed E-state index contributed by atoms with van der Waals surface area (Å²) in [4.78, 5) is 3.46. The zero-order chi connectivity index (χ0) is 13.9. The van der Waals surface area contributed by atoms with Gasteiger partial charge in [-0.1, -0.05) is 25.9 Å². The van der Waals surface area contributed by atoms with E-state index < -0.39 is 12.0 Å². The second kappa shape index (κ2) is 5.69. The molecule has 0 spiro atoms. The normalized spacial score (nSPS) is 16.0. The number of likely N-dealkylation sites (N-methyl/N-ethyl adjacent to an activating group) is 1. The highest BCUT2D eigenvalue weighted by Crippen LogP contribution is 2.31. The van der Waals surface area contributed by atoms with Crippen LogP contribution in [0.15, 0.2) is 4.52 Å². The second-order valence-electron chi connectivity index (χ2n) is 4.57. The molecule has 0 aliphatic rings. The fourth-order valence-electron chi connectivity index (χ4n) is 2.01. The number of halogens is 3. The van der Waals surface area contributed by atoms with Crippen molar-refractivity contribution in [1.29, 1.82) is 0 Å². The number of nitrogens with zero attached hydrogens (tertiary/aromatic N) is 2. The third-order valence-corrected chi connectivity index (χ3v) is 2.76. The van der Waals surface area contributed by atoms with E-state index in [4.69, 9.17) is 4.52 Å². The summed E-state index contributed by atoms with van der Waals surface area (Å²) >= 11 is 0. The van der Waals surface area contributed by atoms with Gasteiger partial charge < -0.3 is 9.84 Å². The van der Waals surface area contributed by atoms with E-state index in [2.05, 4.69) is 15.5 Å². The molecule has 0 aliphatic carbocycles. The molecule has 1 N–H and O–H groups in total. The van der Waals surface area contributed by atoms with Gasteiger partial charge in [0.15, 0.2) is 0 Å². The molecule has 7 heteroatoms. The van der Waals surface area contributed by atoms with E-state index in [0.717, 1.165) is 6.54 Å². The molecule has 0 saturated carbocycles. The molecule has 0 saturated heterocycles. The van der Waals surface area contributed by atoms with Crippen molar-refractivity contribution in [3.05, 3.63) is 11.7 Å². The Hall–Kier alpha value is -1.11. The van der Waals surface area contributed by atoms with Gasteiger partial charge in [0.2, 0.25) is 5.89 Å². The van der Waals surface area contributed by atoms with Crippen LogP contribution in [0.1, 0.15) is 45.3 Å². The molecule has 1 aromatic heterocycles. The molecule has 2 atom stereocenters. The fraction of sp³-hybridized carbons (Fsp3) is 0.818. The van der Waals surface area contributed by atoms with Gasteiger partial charge in [0, 0.05) is 6.04 Å². The molecule has 1 rings (SSSR count). The van der Waals surface area contributed by atoms with Gasteiger partial charge in [0.05, 0.1) is 5.92 Å². The number of rotatable bonds is 5. The molecule has 0 radical (unpaired) electrons. The van der Waals surface area contributed by atoms with Crippen LogP contribution in [0.2, 0.25) is 0 Å². The van der Waals surface area contributed by atoms with Gasteiger partial charge in [-0.15, -0.1) is 0 Å². The summed E-state index contributed by atoms with van der Waals surface area (Å²) in [5, 5.41) is 6.16. The molecule has 0 fully saturated rings. The summed E-state index contributed by atoms with van der Waals surface area (Å²) in [6.45, 7) is 8.38. The van der Waals surface area contributed by atoms with E-state index >= 15 is 0 Å². The SMILES string of the molecule is CCNC(C)C(c1nc(C(F)(F)F)no1)C(C)C. The van der Waals surface area contributed by atoms with Crippen LogP contribution in [0.3, 0.4) is 0 Å². The Balaban J connectivity index is 2.97. The third-order valence-electron chi connectivity index (χ3n) is 2.76. The first-order valence-corrected chi connectivity index (χ1v) is 5.91. The van der Waals surface area contributed by atoms with E-state index in [1.165, 1.54) is 0 Å². The summed E-state index contributed by atoms with van der Waals surface area (Å²) in [6, 6.07) is -0.0310. The standard InChI is InChI=1S/C11H18F3N3O/c1-5-15-7(4)8(6(2)3)9-16-10(17-18-9)11(12,13)14/h6-8,15H,5H2,1-4H3. The lowest BCUT2D eigenvalue weighted by Gasteiger charge is -2.24. The van der Waals surface area contributed by atoms with Gasteiger partial charge in [0.1, 0.15) is 0 Å². The number of alkyl halides is 3. The monoisotopic (exact) mass is 265 g/mol. The Labute approximate surface area is 104 Å². The van der Waals surface area contributed by atoms with Crippen molar-refractivity contribution in [2.45, 2.75) is 45.8 Å². The molecule has 1 aromatic rings. The third kappa shape index (κ3) is 3.44. The molecule has 2 unspecified atom stereocenters. The first-order valence-electron chi connectivity index (χ1n) is 5.91. The number of aromatic nitrogens is 2. The van der Waals surface area contributed by atoms with Gasteiger partial charge in [-0.25, -0.2) is 0 Å². The van der Waals surface area contributed by atoms with Gasteiger partial charge in [-0.3, -0.25) is 0 Å². The van der Waals surface area contributed by atoms with Crippen molar-refractivity contribution in [2.75, 3.05) is 6.54 Å². The van der Waals surface area contributed by atoms with Crippen LogP contribution in [-0.2, 0) is 6.18 Å². The minimum atomic E-state index is -4.56. The minimum Gasteiger partial charge on any atom is -0.339 e. The van der Waals surface area contributed by atoms with E-state index in [-0.39, 0.29) is 23.8 Å². The molecule has 0 aliphatic heterocycles. The van der Waals surface area contributed by atoms with Crippen LogP contribution in [-0.4, -0.2) is 22.7 Å². The van der Waals surface area contributed by atoms with E-state index in [9.17, 15) is 13.2 Å². The van der Waals surface area contributed by atoms with Gasteiger partial charge in [-0.05, 0) is 19.4 Å². The molecule has 104 valence electrons. The van der Waals surface area contributed by atoms with Crippen molar-refractivity contribution in [3.63, 3.8) is 0 Å². The van der Waals surface area contributed by atoms with Crippen LogP contribution in [0.25, 0.3) is 0 Å². The zero-order valence-electron chi connectivity index (χ0n) is 10.9. The van der Waals surface area contributed by atoms with E-state index in [1.807, 2.05) is 27.7 Å². The summed E-state index contributed by atoms with van der Waals surface area (Å²) < 4.78 is 42.0. The summed E-state index contributed by atoms with van der Waals surface area (Å²) in [5.74, 6) is -1.33. The lowest BCUT2D eigenvalue weighted by atomic mass is 9.89. The topological polar surface area (TPSA) is 51.0 Å². The van der Waals surface area contributed by atoms with E-state index in [0.29, 0.717) is 0 Å². The van der Waals surface area contributed by atoms with Gasteiger partial charge >= 0.3 is 6.18 Å². The molecule has 0 bridgehead atoms. The average Bonchev–Trinajstić information content (AvgIpc) is 2.66. The van der Waals surface area contributed by atoms with Crippen molar-refractivity contribution >= 4 is 0 Å². The van der Waals surface area contributed by atoms with Crippen LogP contribution in [0, 0.1) is 5.92 Å². The quantitative estimate of drug-likeness (QED) is 0.889. The summed E-state index contributed by atoms with van der Waals surface area (Å²) in [6.07, 6.45) is -4.56. The Morgan fingerprint density at radius 1 is 1.28 bits per heavy atom. The first-order chi connectivity index (χ1) is 8.27. The molecule has 0 amide bonds. The number of hydrogen-bond acceptors (Lipinski definition) is 4. The molecule has 18 heavy (non-hydrogen) atoms. The highest BCUT2D eigenvalue weighted by Gasteiger charge is 2.39. The Kier molecular flexibility index (Phi) is 4.72. The first kappa shape index (κ1) is 14.9. The Morgan fingerprint density at radius 3 is 2.28 bits per heavy atom. The maximum Gasteiger partial charge on any atom is 0.455 e. The number of nitrogens with one attached hydrogen (secondary N) is 1. The van der Waals surface area contributed by atoms with Crippen LogP contribution < -0.4 is 5.32 Å². The minimum absolute atomic E-state index is 0.0310. The Morgan fingerprint density at radius 2 is 1.89 bits per heavy atom. The smallest absolute Gasteiger partial charge is 0.339 e. The lowest BCUT2D eigenvalue weighted by molar-refractivity contribution is -0.146. The number of hydrogen-bond donors (Lipinski definition) is 1. The van der Waals surface area contributed by atoms with Crippen molar-refractivity contribution in [3.8, 4) is 0 Å².